The topological polar surface area (TPSA) is 90.9 Å². The summed E-state index contributed by atoms with van der Waals surface area (Å²) in [6.07, 6.45) is 0.741. The third kappa shape index (κ3) is 5.10. The first kappa shape index (κ1) is 23.8. The minimum absolute atomic E-state index is 0.132. The SMILES string of the molecule is Cn1c(=O)c2c(nc(SCC(=O)NCCc3ccccc3)n2Cc2ccc(Cl)cc2)n(C)c1=O. The smallest absolute Gasteiger partial charge is 0.332 e. The quantitative estimate of drug-likeness (QED) is 0.378. The van der Waals surface area contributed by atoms with Crippen molar-refractivity contribution in [3.63, 3.8) is 0 Å². The molecule has 2 aromatic heterocycles. The lowest BCUT2D eigenvalue weighted by molar-refractivity contribution is -0.118. The van der Waals surface area contributed by atoms with Crippen LogP contribution in [0.5, 0.6) is 0 Å². The fraction of sp³-hybridized carbons (Fsp3) is 0.250. The molecule has 0 radical (unpaired) electrons. The number of aromatic nitrogens is 4. The Bertz CT molecular complexity index is 1440. The molecule has 8 nitrogen and oxygen atoms in total. The van der Waals surface area contributed by atoms with Crippen LogP contribution in [0.1, 0.15) is 11.1 Å². The van der Waals surface area contributed by atoms with Crippen LogP contribution >= 0.6 is 23.4 Å². The molecule has 10 heteroatoms. The van der Waals surface area contributed by atoms with Gasteiger partial charge in [0.05, 0.1) is 12.3 Å². The van der Waals surface area contributed by atoms with E-state index in [2.05, 4.69) is 10.3 Å². The van der Waals surface area contributed by atoms with Crippen molar-refractivity contribution in [1.82, 2.24) is 24.0 Å². The highest BCUT2D eigenvalue weighted by Gasteiger charge is 2.20. The number of hydrogen-bond donors (Lipinski definition) is 1. The normalized spacial score (nSPS) is 11.1. The predicted molar refractivity (Wildman–Crippen MR) is 135 cm³/mol. The summed E-state index contributed by atoms with van der Waals surface area (Å²) in [5.41, 5.74) is 1.77. The van der Waals surface area contributed by atoms with Crippen molar-refractivity contribution < 1.29 is 4.79 Å². The molecule has 2 aromatic carbocycles. The number of aryl methyl sites for hydroxylation is 1. The Labute approximate surface area is 205 Å². The standard InChI is InChI=1S/C24H24ClN5O3S/c1-28-21-20(22(32)29(2)24(28)33)30(14-17-8-10-18(25)11-9-17)23(27-21)34-15-19(31)26-13-12-16-6-4-3-5-7-16/h3-11H,12-15H2,1-2H3,(H,26,31). The van der Waals surface area contributed by atoms with Gasteiger partial charge in [0, 0.05) is 25.7 Å². The van der Waals surface area contributed by atoms with Gasteiger partial charge in [0.2, 0.25) is 5.91 Å². The predicted octanol–water partition coefficient (Wildman–Crippen LogP) is 2.59. The number of thioether (sulfide) groups is 1. The van der Waals surface area contributed by atoms with Gasteiger partial charge in [0.1, 0.15) is 0 Å². The summed E-state index contributed by atoms with van der Waals surface area (Å²) in [7, 11) is 3.02. The molecule has 0 fully saturated rings. The largest absolute Gasteiger partial charge is 0.355 e. The monoisotopic (exact) mass is 497 g/mol. The summed E-state index contributed by atoms with van der Waals surface area (Å²) < 4.78 is 4.16. The number of halogens is 1. The summed E-state index contributed by atoms with van der Waals surface area (Å²) in [6, 6.07) is 17.2. The highest BCUT2D eigenvalue weighted by Crippen LogP contribution is 2.23. The summed E-state index contributed by atoms with van der Waals surface area (Å²) in [5.74, 6) is 0.000289. The lowest BCUT2D eigenvalue weighted by Gasteiger charge is -2.10. The van der Waals surface area contributed by atoms with E-state index in [-0.39, 0.29) is 17.3 Å². The minimum atomic E-state index is -0.455. The molecule has 0 unspecified atom stereocenters. The number of amides is 1. The van der Waals surface area contributed by atoms with E-state index >= 15 is 0 Å². The molecule has 176 valence electrons. The van der Waals surface area contributed by atoms with Gasteiger partial charge in [-0.05, 0) is 29.7 Å². The molecule has 0 aliphatic carbocycles. The number of nitrogens with one attached hydrogen (secondary N) is 1. The van der Waals surface area contributed by atoms with E-state index in [1.165, 1.54) is 23.4 Å². The first-order valence-electron chi connectivity index (χ1n) is 10.7. The van der Waals surface area contributed by atoms with Gasteiger partial charge in [0.15, 0.2) is 16.3 Å². The number of carbonyl (C=O) groups excluding carboxylic acids is 1. The number of hydrogen-bond acceptors (Lipinski definition) is 5. The molecule has 2 heterocycles. The molecule has 0 aliphatic heterocycles. The van der Waals surface area contributed by atoms with Crippen molar-refractivity contribution in [2.45, 2.75) is 18.1 Å². The number of rotatable bonds is 8. The van der Waals surface area contributed by atoms with E-state index < -0.39 is 11.2 Å². The second kappa shape index (κ2) is 10.3. The first-order chi connectivity index (χ1) is 16.3. The third-order valence-corrected chi connectivity index (χ3v) is 6.71. The zero-order chi connectivity index (χ0) is 24.2. The summed E-state index contributed by atoms with van der Waals surface area (Å²) >= 11 is 7.24. The molecule has 0 bridgehead atoms. The molecular weight excluding hydrogens is 474 g/mol. The average molecular weight is 498 g/mol. The van der Waals surface area contributed by atoms with Crippen molar-refractivity contribution >= 4 is 40.4 Å². The fourth-order valence-corrected chi connectivity index (χ4v) is 4.58. The van der Waals surface area contributed by atoms with Crippen LogP contribution in [0.15, 0.2) is 69.3 Å². The second-order valence-corrected chi connectivity index (χ2v) is 9.24. The Hall–Kier alpha value is -3.30. The van der Waals surface area contributed by atoms with Crippen LogP contribution in [-0.2, 0) is 31.9 Å². The Balaban J connectivity index is 1.58. The maximum atomic E-state index is 13.0. The first-order valence-corrected chi connectivity index (χ1v) is 12.1. The Morgan fingerprint density at radius 3 is 2.41 bits per heavy atom. The zero-order valence-corrected chi connectivity index (χ0v) is 20.4. The number of imidazole rings is 1. The van der Waals surface area contributed by atoms with Crippen molar-refractivity contribution in [2.75, 3.05) is 12.3 Å². The molecule has 0 atom stereocenters. The van der Waals surface area contributed by atoms with E-state index in [1.54, 1.807) is 23.7 Å². The van der Waals surface area contributed by atoms with Crippen LogP contribution in [-0.4, -0.2) is 36.9 Å². The Kier molecular flexibility index (Phi) is 7.23. The van der Waals surface area contributed by atoms with E-state index in [0.717, 1.165) is 22.1 Å². The van der Waals surface area contributed by atoms with E-state index in [0.29, 0.717) is 28.8 Å². The van der Waals surface area contributed by atoms with Gasteiger partial charge in [-0.2, -0.15) is 0 Å². The maximum absolute atomic E-state index is 13.0. The third-order valence-electron chi connectivity index (χ3n) is 5.48. The van der Waals surface area contributed by atoms with Crippen molar-refractivity contribution in [1.29, 1.82) is 0 Å². The van der Waals surface area contributed by atoms with Crippen molar-refractivity contribution in [3.05, 3.63) is 91.6 Å². The molecule has 4 rings (SSSR count). The highest BCUT2D eigenvalue weighted by atomic mass is 35.5. The van der Waals surface area contributed by atoms with Gasteiger partial charge in [0.25, 0.3) is 5.56 Å². The number of carbonyl (C=O) groups is 1. The summed E-state index contributed by atoms with van der Waals surface area (Å²) in [5, 5.41) is 4.02. The maximum Gasteiger partial charge on any atom is 0.332 e. The van der Waals surface area contributed by atoms with E-state index in [9.17, 15) is 14.4 Å². The van der Waals surface area contributed by atoms with E-state index in [1.807, 2.05) is 42.5 Å². The van der Waals surface area contributed by atoms with Crippen LogP contribution in [0.3, 0.4) is 0 Å². The van der Waals surface area contributed by atoms with Crippen LogP contribution in [0.25, 0.3) is 11.2 Å². The van der Waals surface area contributed by atoms with Crippen LogP contribution in [0.4, 0.5) is 0 Å². The van der Waals surface area contributed by atoms with Gasteiger partial charge in [-0.25, -0.2) is 9.78 Å². The molecule has 0 spiro atoms. The van der Waals surface area contributed by atoms with Gasteiger partial charge < -0.3 is 9.88 Å². The number of fused-ring (bicyclic) bond motifs is 1. The molecule has 1 N–H and O–H groups in total. The van der Waals surface area contributed by atoms with Gasteiger partial charge in [-0.3, -0.25) is 18.7 Å². The molecule has 0 saturated heterocycles. The molecule has 4 aromatic rings. The molecular formula is C24H24ClN5O3S. The minimum Gasteiger partial charge on any atom is -0.355 e. The average Bonchev–Trinajstić information content (AvgIpc) is 3.20. The van der Waals surface area contributed by atoms with Gasteiger partial charge >= 0.3 is 5.69 Å². The van der Waals surface area contributed by atoms with Gasteiger partial charge in [-0.15, -0.1) is 0 Å². The lowest BCUT2D eigenvalue weighted by atomic mass is 10.1. The number of nitrogens with zero attached hydrogens (tertiary/aromatic N) is 4. The van der Waals surface area contributed by atoms with Crippen LogP contribution in [0.2, 0.25) is 5.02 Å². The highest BCUT2D eigenvalue weighted by molar-refractivity contribution is 7.99. The molecule has 0 aliphatic rings. The molecule has 0 saturated carbocycles. The fourth-order valence-electron chi connectivity index (χ4n) is 3.63. The van der Waals surface area contributed by atoms with Crippen molar-refractivity contribution in [3.8, 4) is 0 Å². The summed E-state index contributed by atoms with van der Waals surface area (Å²) in [4.78, 5) is 42.4. The summed E-state index contributed by atoms with van der Waals surface area (Å²) in [6.45, 7) is 0.874. The Morgan fingerprint density at radius 2 is 1.71 bits per heavy atom. The van der Waals surface area contributed by atoms with Crippen molar-refractivity contribution in [2.24, 2.45) is 14.1 Å². The van der Waals surface area contributed by atoms with Gasteiger partial charge in [-0.1, -0.05) is 65.8 Å². The lowest BCUT2D eigenvalue weighted by Crippen LogP contribution is -2.37. The molecule has 1 amide bonds. The van der Waals surface area contributed by atoms with Crippen LogP contribution in [0, 0.1) is 0 Å². The second-order valence-electron chi connectivity index (χ2n) is 7.86. The number of benzene rings is 2. The Morgan fingerprint density at radius 1 is 1.00 bits per heavy atom. The van der Waals surface area contributed by atoms with E-state index in [4.69, 9.17) is 11.6 Å². The zero-order valence-electron chi connectivity index (χ0n) is 18.8. The van der Waals surface area contributed by atoms with Crippen LogP contribution < -0.4 is 16.6 Å². The molecule has 34 heavy (non-hydrogen) atoms.